The zero-order chi connectivity index (χ0) is 23.7. The van der Waals surface area contributed by atoms with Gasteiger partial charge in [-0.15, -0.1) is 5.10 Å². The van der Waals surface area contributed by atoms with Crippen molar-refractivity contribution in [3.05, 3.63) is 95.5 Å². The van der Waals surface area contributed by atoms with E-state index in [-0.39, 0.29) is 5.91 Å². The first-order valence-electron chi connectivity index (χ1n) is 10.9. The van der Waals surface area contributed by atoms with Gasteiger partial charge in [0, 0.05) is 17.5 Å². The third-order valence-corrected chi connectivity index (χ3v) is 5.81. The van der Waals surface area contributed by atoms with Crippen LogP contribution in [0.3, 0.4) is 0 Å². The number of benzene rings is 2. The molecule has 2 N–H and O–H groups in total. The van der Waals surface area contributed by atoms with Gasteiger partial charge in [-0.25, -0.2) is 4.68 Å². The first-order chi connectivity index (χ1) is 16.5. The summed E-state index contributed by atoms with van der Waals surface area (Å²) in [5.41, 5.74) is 4.72. The molecule has 0 saturated carbocycles. The summed E-state index contributed by atoms with van der Waals surface area (Å²) in [4.78, 5) is 22.4. The van der Waals surface area contributed by atoms with Crippen molar-refractivity contribution in [2.45, 2.75) is 19.9 Å². The first kappa shape index (κ1) is 21.4. The summed E-state index contributed by atoms with van der Waals surface area (Å²) in [6.07, 6.45) is 3.28. The number of aryl methyl sites for hydroxylation is 1. The van der Waals surface area contributed by atoms with Crippen LogP contribution in [0.15, 0.2) is 84.3 Å². The van der Waals surface area contributed by atoms with E-state index in [0.29, 0.717) is 34.5 Å². The summed E-state index contributed by atoms with van der Waals surface area (Å²) in [5.74, 6) is 1.61. The number of hydrogen-bond acceptors (Lipinski definition) is 6. The summed E-state index contributed by atoms with van der Waals surface area (Å²) in [6, 6.07) is 18.7. The lowest BCUT2D eigenvalue weighted by molar-refractivity contribution is -0.113. The van der Waals surface area contributed by atoms with E-state index in [1.807, 2.05) is 62.4 Å². The molecule has 3 heterocycles. The first-order valence-corrected chi connectivity index (χ1v) is 10.9. The number of nitrogens with zero attached hydrogens (tertiary/aromatic N) is 4. The lowest BCUT2D eigenvalue weighted by Crippen LogP contribution is -2.31. The second kappa shape index (κ2) is 8.82. The van der Waals surface area contributed by atoms with Crippen LogP contribution < -0.4 is 15.4 Å². The van der Waals surface area contributed by atoms with Gasteiger partial charge in [-0.05, 0) is 49.2 Å². The van der Waals surface area contributed by atoms with Crippen LogP contribution in [0.2, 0.25) is 0 Å². The van der Waals surface area contributed by atoms with Gasteiger partial charge in [0.15, 0.2) is 5.82 Å². The minimum Gasteiger partial charge on any atom is -0.497 e. The van der Waals surface area contributed by atoms with Gasteiger partial charge in [0.05, 0.1) is 24.6 Å². The van der Waals surface area contributed by atoms with Crippen LogP contribution in [-0.4, -0.2) is 32.8 Å². The number of pyridine rings is 1. The maximum Gasteiger partial charge on any atom is 0.255 e. The van der Waals surface area contributed by atoms with Gasteiger partial charge in [-0.3, -0.25) is 9.78 Å². The van der Waals surface area contributed by atoms with Crippen LogP contribution >= 0.6 is 0 Å². The maximum atomic E-state index is 13.5. The summed E-state index contributed by atoms with van der Waals surface area (Å²) in [5, 5.41) is 11.1. The van der Waals surface area contributed by atoms with E-state index in [9.17, 15) is 4.79 Å². The molecule has 1 unspecified atom stereocenters. The Kier molecular flexibility index (Phi) is 5.55. The molecular formula is C26H24N6O2. The minimum atomic E-state index is -0.506. The predicted octanol–water partition coefficient (Wildman–Crippen LogP) is 4.58. The Morgan fingerprint density at radius 2 is 1.94 bits per heavy atom. The highest BCUT2D eigenvalue weighted by atomic mass is 16.5. The van der Waals surface area contributed by atoms with Crippen molar-refractivity contribution in [2.75, 3.05) is 17.7 Å². The van der Waals surface area contributed by atoms with Gasteiger partial charge in [-0.1, -0.05) is 36.4 Å². The quantitative estimate of drug-likeness (QED) is 0.460. The molecule has 34 heavy (non-hydrogen) atoms. The van der Waals surface area contributed by atoms with Crippen LogP contribution in [0.1, 0.15) is 24.1 Å². The molecule has 1 aliphatic heterocycles. The fourth-order valence-corrected chi connectivity index (χ4v) is 4.14. The van der Waals surface area contributed by atoms with Crippen LogP contribution in [0, 0.1) is 6.92 Å². The van der Waals surface area contributed by atoms with E-state index in [2.05, 4.69) is 15.6 Å². The fourth-order valence-electron chi connectivity index (χ4n) is 4.14. The lowest BCUT2D eigenvalue weighted by atomic mass is 9.95. The highest BCUT2D eigenvalue weighted by Crippen LogP contribution is 2.38. The third kappa shape index (κ3) is 3.90. The number of rotatable bonds is 5. The van der Waals surface area contributed by atoms with E-state index in [4.69, 9.17) is 14.8 Å². The largest absolute Gasteiger partial charge is 0.497 e. The van der Waals surface area contributed by atoms with Gasteiger partial charge in [0.25, 0.3) is 5.91 Å². The van der Waals surface area contributed by atoms with Crippen molar-refractivity contribution < 1.29 is 9.53 Å². The van der Waals surface area contributed by atoms with Gasteiger partial charge in [0.2, 0.25) is 5.95 Å². The summed E-state index contributed by atoms with van der Waals surface area (Å²) < 4.78 is 7.22. The van der Waals surface area contributed by atoms with E-state index >= 15 is 0 Å². The molecule has 4 aromatic rings. The monoisotopic (exact) mass is 452 g/mol. The smallest absolute Gasteiger partial charge is 0.255 e. The normalized spacial score (nSPS) is 14.9. The topological polar surface area (TPSA) is 94.0 Å². The number of fused-ring (bicyclic) bond motifs is 1. The van der Waals surface area contributed by atoms with Crippen LogP contribution in [0.4, 0.5) is 11.6 Å². The van der Waals surface area contributed by atoms with Crippen molar-refractivity contribution >= 4 is 17.5 Å². The molecule has 0 aliphatic carbocycles. The molecule has 1 aliphatic rings. The maximum absolute atomic E-state index is 13.5. The van der Waals surface area contributed by atoms with E-state index in [1.54, 1.807) is 36.3 Å². The van der Waals surface area contributed by atoms with Gasteiger partial charge < -0.3 is 15.4 Å². The Hall–Kier alpha value is -4.46. The van der Waals surface area contributed by atoms with Crippen molar-refractivity contribution in [1.82, 2.24) is 19.7 Å². The number of nitrogens with one attached hydrogen (secondary N) is 2. The van der Waals surface area contributed by atoms with Gasteiger partial charge >= 0.3 is 0 Å². The number of methoxy groups -OCH3 is 1. The number of allylic oxidation sites excluding steroid dienone is 1. The zero-order valence-electron chi connectivity index (χ0n) is 19.1. The number of amides is 1. The Balaban J connectivity index is 1.63. The number of anilines is 2. The summed E-state index contributed by atoms with van der Waals surface area (Å²) in [6.45, 7) is 3.90. The molecule has 8 nitrogen and oxygen atoms in total. The number of aromatic nitrogens is 4. The number of hydrogen-bond donors (Lipinski definition) is 2. The minimum absolute atomic E-state index is 0.246. The number of ether oxygens (including phenoxy) is 1. The Labute approximate surface area is 197 Å². The molecule has 0 spiro atoms. The van der Waals surface area contributed by atoms with Crippen molar-refractivity contribution in [2.24, 2.45) is 0 Å². The summed E-state index contributed by atoms with van der Waals surface area (Å²) in [7, 11) is 1.62. The lowest BCUT2D eigenvalue weighted by Gasteiger charge is -2.28. The molecule has 2 aromatic carbocycles. The molecule has 170 valence electrons. The highest BCUT2D eigenvalue weighted by molar-refractivity contribution is 6.06. The number of carbonyl (C=O) groups excluding carboxylic acids is 1. The third-order valence-electron chi connectivity index (χ3n) is 5.81. The zero-order valence-corrected chi connectivity index (χ0v) is 19.1. The SMILES string of the molecule is COc1cccc(C2C(C(=O)Nc3cccnc3)=C(C)Nc3nc(-c4ccccc4C)nn32)c1. The molecule has 5 rings (SSSR count). The average molecular weight is 453 g/mol. The molecule has 2 aromatic heterocycles. The summed E-state index contributed by atoms with van der Waals surface area (Å²) >= 11 is 0. The van der Waals surface area contributed by atoms with E-state index in [1.165, 1.54) is 0 Å². The van der Waals surface area contributed by atoms with Gasteiger partial charge in [-0.2, -0.15) is 4.98 Å². The van der Waals surface area contributed by atoms with Crippen LogP contribution in [0.5, 0.6) is 5.75 Å². The molecule has 0 fully saturated rings. The molecular weight excluding hydrogens is 428 g/mol. The molecule has 1 atom stereocenters. The molecule has 0 bridgehead atoms. The van der Waals surface area contributed by atoms with Gasteiger partial charge in [0.1, 0.15) is 11.8 Å². The second-order valence-corrected chi connectivity index (χ2v) is 8.06. The standard InChI is InChI=1S/C26H24N6O2/c1-16-8-4-5-12-21(16)24-30-26-28-17(2)22(25(33)29-19-10-7-13-27-15-19)23(32(26)31-24)18-9-6-11-20(14-18)34-3/h4-15,23H,1-3H3,(H,29,33)(H,28,30,31). The highest BCUT2D eigenvalue weighted by Gasteiger charge is 2.34. The van der Waals surface area contributed by atoms with Crippen LogP contribution in [0.25, 0.3) is 11.4 Å². The van der Waals surface area contributed by atoms with Crippen molar-refractivity contribution in [1.29, 1.82) is 0 Å². The molecule has 0 saturated heterocycles. The Bertz CT molecular complexity index is 1390. The number of carbonyl (C=O) groups is 1. The Morgan fingerprint density at radius 1 is 1.09 bits per heavy atom. The van der Waals surface area contributed by atoms with Crippen molar-refractivity contribution in [3.63, 3.8) is 0 Å². The van der Waals surface area contributed by atoms with Crippen molar-refractivity contribution in [3.8, 4) is 17.1 Å². The molecule has 8 heteroatoms. The molecule has 0 radical (unpaired) electrons. The van der Waals surface area contributed by atoms with E-state index in [0.717, 1.165) is 16.7 Å². The van der Waals surface area contributed by atoms with Crippen LogP contribution in [-0.2, 0) is 4.79 Å². The Morgan fingerprint density at radius 3 is 2.71 bits per heavy atom. The van der Waals surface area contributed by atoms with E-state index < -0.39 is 6.04 Å². The fraction of sp³-hybridized carbons (Fsp3) is 0.154. The average Bonchev–Trinajstić information content (AvgIpc) is 3.27. The second-order valence-electron chi connectivity index (χ2n) is 8.06. The molecule has 1 amide bonds. The predicted molar refractivity (Wildman–Crippen MR) is 131 cm³/mol.